The van der Waals surface area contributed by atoms with Crippen LogP contribution in [0.15, 0.2) is 18.7 Å². The fraction of sp³-hybridized carbons (Fsp3) is 0.455. The molecule has 0 aliphatic carbocycles. The zero-order chi connectivity index (χ0) is 13.0. The SMILES string of the molecule is CCC(C)CNc1nc(Cl)nc(-n2ccnc2)n1. The summed E-state index contributed by atoms with van der Waals surface area (Å²) in [6, 6.07) is 0. The lowest BCUT2D eigenvalue weighted by atomic mass is 10.1. The van der Waals surface area contributed by atoms with Gasteiger partial charge in [-0.15, -0.1) is 0 Å². The summed E-state index contributed by atoms with van der Waals surface area (Å²) in [6.45, 7) is 5.11. The van der Waals surface area contributed by atoms with E-state index in [1.165, 1.54) is 0 Å². The van der Waals surface area contributed by atoms with Gasteiger partial charge in [0.25, 0.3) is 0 Å². The number of nitrogens with one attached hydrogen (secondary N) is 1. The van der Waals surface area contributed by atoms with Gasteiger partial charge in [-0.25, -0.2) is 4.98 Å². The molecule has 1 unspecified atom stereocenters. The molecule has 0 aliphatic rings. The molecular formula is C11H15ClN6. The Morgan fingerprint density at radius 2 is 2.22 bits per heavy atom. The minimum absolute atomic E-state index is 0.167. The quantitative estimate of drug-likeness (QED) is 0.898. The Morgan fingerprint density at radius 1 is 1.39 bits per heavy atom. The summed E-state index contributed by atoms with van der Waals surface area (Å²) in [7, 11) is 0. The third-order valence-corrected chi connectivity index (χ3v) is 2.81. The molecule has 6 nitrogen and oxygen atoms in total. The zero-order valence-electron chi connectivity index (χ0n) is 10.3. The van der Waals surface area contributed by atoms with Gasteiger partial charge >= 0.3 is 0 Å². The van der Waals surface area contributed by atoms with E-state index < -0.39 is 0 Å². The van der Waals surface area contributed by atoms with Gasteiger partial charge in [0.2, 0.25) is 17.2 Å². The van der Waals surface area contributed by atoms with Crippen molar-refractivity contribution in [1.29, 1.82) is 0 Å². The van der Waals surface area contributed by atoms with Gasteiger partial charge < -0.3 is 5.32 Å². The first-order valence-electron chi connectivity index (χ1n) is 5.82. The number of rotatable bonds is 5. The van der Waals surface area contributed by atoms with Crippen molar-refractivity contribution in [3.63, 3.8) is 0 Å². The van der Waals surface area contributed by atoms with E-state index >= 15 is 0 Å². The van der Waals surface area contributed by atoms with Crippen LogP contribution in [0.5, 0.6) is 0 Å². The van der Waals surface area contributed by atoms with Gasteiger partial charge in [-0.05, 0) is 17.5 Å². The molecule has 0 bridgehead atoms. The van der Waals surface area contributed by atoms with Gasteiger partial charge in [-0.1, -0.05) is 20.3 Å². The minimum Gasteiger partial charge on any atom is -0.354 e. The summed E-state index contributed by atoms with van der Waals surface area (Å²) in [4.78, 5) is 16.3. The Hall–Kier alpha value is -1.69. The van der Waals surface area contributed by atoms with Gasteiger partial charge in [0.05, 0.1) is 0 Å². The maximum absolute atomic E-state index is 5.88. The molecule has 0 aliphatic heterocycles. The molecule has 2 rings (SSSR count). The summed E-state index contributed by atoms with van der Waals surface area (Å²) in [5, 5.41) is 3.33. The molecule has 0 saturated heterocycles. The second-order valence-corrected chi connectivity index (χ2v) is 4.43. The Labute approximate surface area is 110 Å². The molecule has 0 fully saturated rings. The van der Waals surface area contributed by atoms with Gasteiger partial charge in [0, 0.05) is 18.9 Å². The Morgan fingerprint density at radius 3 is 2.89 bits per heavy atom. The van der Waals surface area contributed by atoms with Gasteiger partial charge in [0.1, 0.15) is 6.33 Å². The van der Waals surface area contributed by atoms with Crippen molar-refractivity contribution in [2.45, 2.75) is 20.3 Å². The van der Waals surface area contributed by atoms with Crippen molar-refractivity contribution in [3.8, 4) is 5.95 Å². The van der Waals surface area contributed by atoms with Crippen LogP contribution in [-0.4, -0.2) is 31.0 Å². The molecule has 0 radical (unpaired) electrons. The number of anilines is 1. The van der Waals surface area contributed by atoms with E-state index in [4.69, 9.17) is 11.6 Å². The van der Waals surface area contributed by atoms with E-state index in [0.29, 0.717) is 17.8 Å². The number of imidazole rings is 1. The van der Waals surface area contributed by atoms with E-state index in [0.717, 1.165) is 13.0 Å². The van der Waals surface area contributed by atoms with Crippen LogP contribution < -0.4 is 5.32 Å². The van der Waals surface area contributed by atoms with E-state index in [9.17, 15) is 0 Å². The lowest BCUT2D eigenvalue weighted by molar-refractivity contribution is 0.591. The average molecular weight is 267 g/mol. The molecule has 0 saturated carbocycles. The summed E-state index contributed by atoms with van der Waals surface area (Å²) in [6.07, 6.45) is 6.12. The van der Waals surface area contributed by atoms with E-state index in [1.54, 1.807) is 23.3 Å². The van der Waals surface area contributed by atoms with Crippen molar-refractivity contribution in [1.82, 2.24) is 24.5 Å². The molecule has 0 aromatic carbocycles. The van der Waals surface area contributed by atoms with Crippen LogP contribution in [0.4, 0.5) is 5.95 Å². The minimum atomic E-state index is 0.167. The summed E-state index contributed by atoms with van der Waals surface area (Å²) >= 11 is 5.88. The molecule has 1 atom stereocenters. The van der Waals surface area contributed by atoms with Crippen LogP contribution in [0.2, 0.25) is 5.28 Å². The van der Waals surface area contributed by atoms with Crippen molar-refractivity contribution in [2.24, 2.45) is 5.92 Å². The highest BCUT2D eigenvalue weighted by Crippen LogP contribution is 2.10. The highest BCUT2D eigenvalue weighted by Gasteiger charge is 2.07. The first-order valence-corrected chi connectivity index (χ1v) is 6.20. The summed E-state index contributed by atoms with van der Waals surface area (Å²) in [5.41, 5.74) is 0. The van der Waals surface area contributed by atoms with Gasteiger partial charge in [-0.3, -0.25) is 4.57 Å². The number of halogens is 1. The first kappa shape index (κ1) is 12.8. The number of nitrogens with zero attached hydrogens (tertiary/aromatic N) is 5. The predicted octanol–water partition coefficient (Wildman–Crippen LogP) is 2.17. The van der Waals surface area contributed by atoms with Crippen molar-refractivity contribution >= 4 is 17.5 Å². The molecule has 7 heteroatoms. The van der Waals surface area contributed by atoms with Crippen LogP contribution in [0, 0.1) is 5.92 Å². The number of hydrogen-bond donors (Lipinski definition) is 1. The molecule has 96 valence electrons. The standard InChI is InChI=1S/C11H15ClN6/c1-3-8(2)6-14-10-15-9(12)16-11(17-10)18-5-4-13-7-18/h4-5,7-8H,3,6H2,1-2H3,(H,14,15,16,17). The largest absolute Gasteiger partial charge is 0.354 e. The van der Waals surface area contributed by atoms with Crippen molar-refractivity contribution < 1.29 is 0 Å². The van der Waals surface area contributed by atoms with Crippen LogP contribution in [0.3, 0.4) is 0 Å². The normalized spacial score (nSPS) is 12.4. The smallest absolute Gasteiger partial charge is 0.241 e. The maximum atomic E-state index is 5.88. The second kappa shape index (κ2) is 5.77. The third kappa shape index (κ3) is 3.16. The van der Waals surface area contributed by atoms with Crippen LogP contribution in [0.1, 0.15) is 20.3 Å². The van der Waals surface area contributed by atoms with E-state index in [1.807, 2.05) is 0 Å². The lowest BCUT2D eigenvalue weighted by Crippen LogP contribution is -2.14. The van der Waals surface area contributed by atoms with E-state index in [-0.39, 0.29) is 5.28 Å². The molecule has 2 aromatic rings. The zero-order valence-corrected chi connectivity index (χ0v) is 11.1. The predicted molar refractivity (Wildman–Crippen MR) is 69.9 cm³/mol. The first-order chi connectivity index (χ1) is 8.69. The highest BCUT2D eigenvalue weighted by molar-refractivity contribution is 6.28. The van der Waals surface area contributed by atoms with E-state index in [2.05, 4.69) is 39.1 Å². The Balaban J connectivity index is 2.17. The molecule has 2 heterocycles. The number of aromatic nitrogens is 5. The van der Waals surface area contributed by atoms with Crippen LogP contribution in [0.25, 0.3) is 5.95 Å². The second-order valence-electron chi connectivity index (χ2n) is 4.09. The summed E-state index contributed by atoms with van der Waals surface area (Å²) in [5.74, 6) is 1.50. The van der Waals surface area contributed by atoms with Crippen LogP contribution >= 0.6 is 11.6 Å². The monoisotopic (exact) mass is 266 g/mol. The Kier molecular flexibility index (Phi) is 4.09. The number of hydrogen-bond acceptors (Lipinski definition) is 5. The molecule has 18 heavy (non-hydrogen) atoms. The molecule has 0 spiro atoms. The lowest BCUT2D eigenvalue weighted by Gasteiger charge is -2.10. The van der Waals surface area contributed by atoms with Crippen molar-refractivity contribution in [2.75, 3.05) is 11.9 Å². The highest BCUT2D eigenvalue weighted by atomic mass is 35.5. The van der Waals surface area contributed by atoms with Gasteiger partial charge in [-0.2, -0.15) is 15.0 Å². The molecule has 0 amide bonds. The average Bonchev–Trinajstić information content (AvgIpc) is 2.89. The fourth-order valence-electron chi connectivity index (χ4n) is 1.32. The Bertz CT molecular complexity index is 498. The van der Waals surface area contributed by atoms with Crippen LogP contribution in [-0.2, 0) is 0 Å². The topological polar surface area (TPSA) is 68.5 Å². The fourth-order valence-corrected chi connectivity index (χ4v) is 1.48. The van der Waals surface area contributed by atoms with Crippen molar-refractivity contribution in [3.05, 3.63) is 24.0 Å². The molecule has 2 aromatic heterocycles. The molecular weight excluding hydrogens is 252 g/mol. The maximum Gasteiger partial charge on any atom is 0.241 e. The van der Waals surface area contributed by atoms with Gasteiger partial charge in [0.15, 0.2) is 0 Å². The third-order valence-electron chi connectivity index (χ3n) is 2.64. The summed E-state index contributed by atoms with van der Waals surface area (Å²) < 4.78 is 1.68. The molecule has 1 N–H and O–H groups in total.